The number of fused-ring (bicyclic) bond motifs is 1. The highest BCUT2D eigenvalue weighted by Crippen LogP contribution is 2.32. The zero-order chi connectivity index (χ0) is 17.4. The molecule has 2 atom stereocenters. The van der Waals surface area contributed by atoms with Crippen molar-refractivity contribution in [1.29, 1.82) is 0 Å². The number of piperidine rings is 1. The zero-order valence-electron chi connectivity index (χ0n) is 14.5. The van der Waals surface area contributed by atoms with Crippen molar-refractivity contribution >= 4 is 11.6 Å². The van der Waals surface area contributed by atoms with Crippen molar-refractivity contribution in [1.82, 2.24) is 19.5 Å². The molecule has 2 aromatic rings. The normalized spacial score (nSPS) is 24.1. The number of aromatic amines is 1. The van der Waals surface area contributed by atoms with Gasteiger partial charge in [0.1, 0.15) is 6.10 Å². The van der Waals surface area contributed by atoms with Gasteiger partial charge in [-0.3, -0.25) is 14.7 Å². The maximum atomic E-state index is 12.9. The molecule has 7 nitrogen and oxygen atoms in total. The summed E-state index contributed by atoms with van der Waals surface area (Å²) >= 11 is 0. The molecule has 4 rings (SSSR count). The number of carbonyl (C=O) groups excluding carboxylic acids is 1. The quantitative estimate of drug-likeness (QED) is 0.921. The second kappa shape index (κ2) is 6.63. The third kappa shape index (κ3) is 2.97. The van der Waals surface area contributed by atoms with Crippen molar-refractivity contribution in [2.75, 3.05) is 13.2 Å². The summed E-state index contributed by atoms with van der Waals surface area (Å²) in [6.07, 6.45) is 5.12. The van der Waals surface area contributed by atoms with E-state index in [0.717, 1.165) is 56.5 Å². The van der Waals surface area contributed by atoms with Crippen LogP contribution in [0.1, 0.15) is 56.5 Å². The molecule has 7 heteroatoms. The lowest BCUT2D eigenvalue weighted by Gasteiger charge is -2.36. The molecule has 0 aliphatic carbocycles. The standard InChI is InChI=1S/C18H24N4O3/c1-2-12-10-17(23)22-16(19-12)11-13(20-22)14-6-3-4-8-21(14)18(24)15-7-5-9-25-15/h10-11,14-15,20H,2-9H2,1H3/t14-,15+/m1/s1. The topological polar surface area (TPSA) is 79.7 Å². The second-order valence-electron chi connectivity index (χ2n) is 6.89. The van der Waals surface area contributed by atoms with Crippen LogP contribution >= 0.6 is 0 Å². The van der Waals surface area contributed by atoms with Crippen molar-refractivity contribution in [3.8, 4) is 0 Å². The van der Waals surface area contributed by atoms with Crippen LogP contribution in [-0.2, 0) is 16.0 Å². The first-order valence-electron chi connectivity index (χ1n) is 9.21. The summed E-state index contributed by atoms with van der Waals surface area (Å²) in [5.41, 5.74) is 2.17. The Hall–Kier alpha value is -2.15. The fourth-order valence-corrected chi connectivity index (χ4v) is 3.89. The summed E-state index contributed by atoms with van der Waals surface area (Å²) in [6.45, 7) is 3.39. The van der Waals surface area contributed by atoms with Crippen LogP contribution in [0.5, 0.6) is 0 Å². The molecular weight excluding hydrogens is 320 g/mol. The number of carbonyl (C=O) groups is 1. The van der Waals surface area contributed by atoms with Crippen LogP contribution in [0.25, 0.3) is 5.65 Å². The average molecular weight is 344 g/mol. The number of hydrogen-bond acceptors (Lipinski definition) is 4. The van der Waals surface area contributed by atoms with E-state index in [1.807, 2.05) is 17.9 Å². The highest BCUT2D eigenvalue weighted by Gasteiger charge is 2.35. The minimum Gasteiger partial charge on any atom is -0.368 e. The van der Waals surface area contributed by atoms with Gasteiger partial charge in [-0.25, -0.2) is 9.50 Å². The van der Waals surface area contributed by atoms with Gasteiger partial charge in [-0.1, -0.05) is 6.92 Å². The number of aryl methyl sites for hydroxylation is 1. The molecule has 0 saturated carbocycles. The summed E-state index contributed by atoms with van der Waals surface area (Å²) in [5.74, 6) is 0.0791. The molecule has 0 aromatic carbocycles. The predicted molar refractivity (Wildman–Crippen MR) is 92.5 cm³/mol. The van der Waals surface area contributed by atoms with Crippen LogP contribution in [0.3, 0.4) is 0 Å². The van der Waals surface area contributed by atoms with Crippen molar-refractivity contribution in [3.05, 3.63) is 33.9 Å². The third-order valence-corrected chi connectivity index (χ3v) is 5.24. The number of nitrogens with zero attached hydrogens (tertiary/aromatic N) is 3. The van der Waals surface area contributed by atoms with Gasteiger partial charge in [-0.05, 0) is 38.5 Å². The van der Waals surface area contributed by atoms with Gasteiger partial charge in [0.15, 0.2) is 5.65 Å². The Morgan fingerprint density at radius 3 is 2.96 bits per heavy atom. The summed E-state index contributed by atoms with van der Waals surface area (Å²) in [6, 6.07) is 3.42. The number of ether oxygens (including phenoxy) is 1. The minimum atomic E-state index is -0.308. The highest BCUT2D eigenvalue weighted by atomic mass is 16.5. The predicted octanol–water partition coefficient (Wildman–Crippen LogP) is 1.82. The lowest BCUT2D eigenvalue weighted by Crippen LogP contribution is -2.44. The molecule has 4 heterocycles. The van der Waals surface area contributed by atoms with Crippen LogP contribution in [0.2, 0.25) is 0 Å². The highest BCUT2D eigenvalue weighted by molar-refractivity contribution is 5.81. The van der Waals surface area contributed by atoms with Crippen molar-refractivity contribution in [2.24, 2.45) is 0 Å². The van der Waals surface area contributed by atoms with E-state index in [9.17, 15) is 9.59 Å². The molecule has 0 radical (unpaired) electrons. The van der Waals surface area contributed by atoms with Crippen molar-refractivity contribution in [2.45, 2.75) is 57.6 Å². The zero-order valence-corrected chi connectivity index (χ0v) is 14.5. The Bertz CT molecular complexity index is 834. The molecule has 1 amide bonds. The number of nitrogens with one attached hydrogen (secondary N) is 1. The van der Waals surface area contributed by atoms with Gasteiger partial charge in [-0.15, -0.1) is 0 Å². The first-order chi connectivity index (χ1) is 12.2. The first-order valence-corrected chi connectivity index (χ1v) is 9.21. The van der Waals surface area contributed by atoms with Gasteiger partial charge >= 0.3 is 0 Å². The van der Waals surface area contributed by atoms with Crippen LogP contribution < -0.4 is 5.56 Å². The Kier molecular flexibility index (Phi) is 4.33. The fraction of sp³-hybridized carbons (Fsp3) is 0.611. The number of likely N-dealkylation sites (tertiary alicyclic amines) is 1. The van der Waals surface area contributed by atoms with E-state index >= 15 is 0 Å². The van der Waals surface area contributed by atoms with Crippen LogP contribution in [-0.4, -0.2) is 44.7 Å². The summed E-state index contributed by atoms with van der Waals surface area (Å²) < 4.78 is 7.06. The Morgan fingerprint density at radius 1 is 1.32 bits per heavy atom. The summed E-state index contributed by atoms with van der Waals surface area (Å²) in [4.78, 5) is 31.6. The van der Waals surface area contributed by atoms with E-state index in [4.69, 9.17) is 4.74 Å². The number of H-pyrrole nitrogens is 1. The smallest absolute Gasteiger partial charge is 0.272 e. The SMILES string of the molecule is CCc1cc(=O)n2[nH]c([C@H]3CCCCN3C(=O)[C@@H]3CCCO3)cc2n1. The van der Waals surface area contributed by atoms with Gasteiger partial charge in [-0.2, -0.15) is 0 Å². The first kappa shape index (κ1) is 16.3. The molecule has 25 heavy (non-hydrogen) atoms. The van der Waals surface area contributed by atoms with Gasteiger partial charge in [0, 0.05) is 31.0 Å². The van der Waals surface area contributed by atoms with E-state index in [0.29, 0.717) is 12.3 Å². The molecule has 2 aliphatic rings. The van der Waals surface area contributed by atoms with E-state index < -0.39 is 0 Å². The molecule has 2 aliphatic heterocycles. The summed E-state index contributed by atoms with van der Waals surface area (Å²) in [7, 11) is 0. The molecular formula is C18H24N4O3. The molecule has 1 N–H and O–H groups in total. The van der Waals surface area contributed by atoms with E-state index in [2.05, 4.69) is 10.1 Å². The maximum Gasteiger partial charge on any atom is 0.272 e. The largest absolute Gasteiger partial charge is 0.368 e. The fourth-order valence-electron chi connectivity index (χ4n) is 3.89. The van der Waals surface area contributed by atoms with E-state index in [-0.39, 0.29) is 23.6 Å². The Labute approximate surface area is 146 Å². The second-order valence-corrected chi connectivity index (χ2v) is 6.89. The lowest BCUT2D eigenvalue weighted by atomic mass is 9.98. The Balaban J connectivity index is 1.68. The van der Waals surface area contributed by atoms with E-state index in [1.165, 1.54) is 4.52 Å². The van der Waals surface area contributed by atoms with Crippen LogP contribution in [0, 0.1) is 0 Å². The molecule has 0 unspecified atom stereocenters. The van der Waals surface area contributed by atoms with E-state index in [1.54, 1.807) is 6.07 Å². The number of rotatable bonds is 3. The van der Waals surface area contributed by atoms with Gasteiger partial charge < -0.3 is 9.64 Å². The molecule has 134 valence electrons. The lowest BCUT2D eigenvalue weighted by molar-refractivity contribution is -0.145. The third-order valence-electron chi connectivity index (χ3n) is 5.24. The molecule has 2 fully saturated rings. The van der Waals surface area contributed by atoms with Gasteiger partial charge in [0.2, 0.25) is 0 Å². The average Bonchev–Trinajstić information content (AvgIpc) is 3.31. The van der Waals surface area contributed by atoms with Crippen LogP contribution in [0.4, 0.5) is 0 Å². The monoisotopic (exact) mass is 344 g/mol. The minimum absolute atomic E-state index is 0.0448. The van der Waals surface area contributed by atoms with Crippen molar-refractivity contribution in [3.63, 3.8) is 0 Å². The number of amides is 1. The number of aromatic nitrogens is 3. The number of hydrogen-bond donors (Lipinski definition) is 1. The summed E-state index contributed by atoms with van der Waals surface area (Å²) in [5, 5.41) is 3.17. The molecule has 2 saturated heterocycles. The van der Waals surface area contributed by atoms with Gasteiger partial charge in [0.05, 0.1) is 11.7 Å². The van der Waals surface area contributed by atoms with Crippen molar-refractivity contribution < 1.29 is 9.53 Å². The molecule has 0 spiro atoms. The Morgan fingerprint density at radius 2 is 2.20 bits per heavy atom. The van der Waals surface area contributed by atoms with Crippen LogP contribution in [0.15, 0.2) is 16.9 Å². The maximum absolute atomic E-state index is 12.9. The molecule has 2 aromatic heterocycles. The van der Waals surface area contributed by atoms with Gasteiger partial charge in [0.25, 0.3) is 11.5 Å². The molecule has 0 bridgehead atoms.